The fraction of sp³-hybridized carbons (Fsp3) is 0.567. The number of amides is 1. The summed E-state index contributed by atoms with van der Waals surface area (Å²) in [6.45, 7) is 8.88. The average molecular weight is 539 g/mol. The maximum Gasteiger partial charge on any atom is 0.410 e. The molecular weight excluding hydrogens is 496 g/mol. The fourth-order valence-electron chi connectivity index (χ4n) is 5.23. The second kappa shape index (κ2) is 12.8. The van der Waals surface area contributed by atoms with Gasteiger partial charge in [0.25, 0.3) is 0 Å². The second-order valence-electron chi connectivity index (χ2n) is 11.2. The molecule has 9 nitrogen and oxygen atoms in total. The Hall–Kier alpha value is -3.17. The van der Waals surface area contributed by atoms with E-state index in [1.54, 1.807) is 4.90 Å². The molecular formula is C30H42N4O5. The van der Waals surface area contributed by atoms with Gasteiger partial charge in [0.2, 0.25) is 0 Å². The summed E-state index contributed by atoms with van der Waals surface area (Å²) in [6, 6.07) is 6.10. The topological polar surface area (TPSA) is 97.1 Å². The first-order valence-electron chi connectivity index (χ1n) is 13.9. The maximum atomic E-state index is 13.0. The van der Waals surface area contributed by atoms with Gasteiger partial charge in [0.1, 0.15) is 12.2 Å². The molecule has 1 fully saturated rings. The number of aliphatic hydroxyl groups excluding tert-OH is 1. The number of nitrogens with zero attached hydrogens (tertiary/aromatic N) is 4. The van der Waals surface area contributed by atoms with Crippen molar-refractivity contribution in [2.45, 2.75) is 58.3 Å². The molecule has 212 valence electrons. The zero-order valence-electron chi connectivity index (χ0n) is 23.7. The minimum Gasteiger partial charge on any atom is -0.457 e. The number of carbonyl (C=O) groups is 2. The van der Waals surface area contributed by atoms with E-state index in [1.807, 2.05) is 76.1 Å². The van der Waals surface area contributed by atoms with E-state index >= 15 is 0 Å². The minimum absolute atomic E-state index is 0.0179. The number of hydrogen-bond donors (Lipinski definition) is 1. The molecule has 2 aromatic rings. The van der Waals surface area contributed by atoms with Crippen molar-refractivity contribution < 1.29 is 24.2 Å². The molecule has 1 amide bonds. The molecule has 3 heterocycles. The summed E-state index contributed by atoms with van der Waals surface area (Å²) in [5, 5.41) is 15.9. The number of benzene rings is 1. The number of fused-ring (bicyclic) bond motifs is 1. The molecule has 1 N–H and O–H groups in total. The van der Waals surface area contributed by atoms with Crippen molar-refractivity contribution in [3.63, 3.8) is 0 Å². The van der Waals surface area contributed by atoms with Gasteiger partial charge in [0.15, 0.2) is 0 Å². The normalized spacial score (nSPS) is 28.9. The Balaban J connectivity index is 1.57. The summed E-state index contributed by atoms with van der Waals surface area (Å²) in [7, 11) is 3.95. The molecule has 0 unspecified atom stereocenters. The van der Waals surface area contributed by atoms with Gasteiger partial charge in [-0.05, 0) is 56.0 Å². The van der Waals surface area contributed by atoms with Crippen molar-refractivity contribution in [2.75, 3.05) is 33.2 Å². The van der Waals surface area contributed by atoms with Crippen LogP contribution in [0.2, 0.25) is 0 Å². The number of ether oxygens (including phenoxy) is 2. The molecule has 1 saturated heterocycles. The average Bonchev–Trinajstić information content (AvgIpc) is 3.27. The summed E-state index contributed by atoms with van der Waals surface area (Å²) in [5.41, 5.74) is 2.88. The summed E-state index contributed by atoms with van der Waals surface area (Å²) in [4.78, 5) is 29.7. The van der Waals surface area contributed by atoms with E-state index < -0.39 is 24.3 Å². The molecule has 1 aromatic heterocycles. The van der Waals surface area contributed by atoms with Crippen LogP contribution in [0.1, 0.15) is 45.6 Å². The lowest BCUT2D eigenvalue weighted by atomic mass is 9.91. The van der Waals surface area contributed by atoms with Crippen LogP contribution in [0.4, 0.5) is 4.79 Å². The Morgan fingerprint density at radius 2 is 1.87 bits per heavy atom. The van der Waals surface area contributed by atoms with Gasteiger partial charge in [0, 0.05) is 44.5 Å². The number of aryl methyl sites for hydroxylation is 1. The highest BCUT2D eigenvalue weighted by Crippen LogP contribution is 2.26. The zero-order valence-corrected chi connectivity index (χ0v) is 23.7. The number of likely N-dealkylation sites (N-methyl/N-ethyl adjacent to an activating group) is 1. The summed E-state index contributed by atoms with van der Waals surface area (Å²) < 4.78 is 13.7. The molecule has 0 spiro atoms. The van der Waals surface area contributed by atoms with Gasteiger partial charge in [-0.3, -0.25) is 9.48 Å². The van der Waals surface area contributed by atoms with Crippen LogP contribution >= 0.6 is 0 Å². The monoisotopic (exact) mass is 538 g/mol. The summed E-state index contributed by atoms with van der Waals surface area (Å²) in [6.07, 6.45) is 6.62. The summed E-state index contributed by atoms with van der Waals surface area (Å²) >= 11 is 0. The van der Waals surface area contributed by atoms with Crippen molar-refractivity contribution in [1.29, 1.82) is 0 Å². The standard InChI is InChI=1S/C30H42N4O5/c1-20-6-10-25(35)18-28(36)39-29(22(3)16-23-8-9-24-19-31-33(5)26(24)17-23)21(2)7-11-27(20)38-30(37)34-14-12-32(4)13-15-34/h7-9,11,16-17,19-21,25,27,29,35H,6,10,12-15,18H2,1-5H3/b11-7+,22-16+/t20-,21-,25+,27+,29-/m0/s1. The number of cyclic esters (lactones) is 1. The molecule has 2 aliphatic heterocycles. The van der Waals surface area contributed by atoms with E-state index in [0.29, 0.717) is 25.9 Å². The van der Waals surface area contributed by atoms with Crippen LogP contribution in [0.25, 0.3) is 17.0 Å². The summed E-state index contributed by atoms with van der Waals surface area (Å²) in [5.74, 6) is -0.622. The Morgan fingerprint density at radius 3 is 2.62 bits per heavy atom. The van der Waals surface area contributed by atoms with Crippen LogP contribution in [0.3, 0.4) is 0 Å². The van der Waals surface area contributed by atoms with Gasteiger partial charge >= 0.3 is 12.1 Å². The molecule has 2 aliphatic rings. The Morgan fingerprint density at radius 1 is 1.13 bits per heavy atom. The molecule has 0 radical (unpaired) electrons. The Bertz CT molecular complexity index is 1210. The van der Waals surface area contributed by atoms with Gasteiger partial charge in [-0.2, -0.15) is 5.10 Å². The maximum absolute atomic E-state index is 13.0. The van der Waals surface area contributed by atoms with Crippen LogP contribution < -0.4 is 0 Å². The van der Waals surface area contributed by atoms with Gasteiger partial charge in [-0.15, -0.1) is 0 Å². The van der Waals surface area contributed by atoms with Crippen LogP contribution in [0.15, 0.2) is 42.1 Å². The van der Waals surface area contributed by atoms with E-state index in [1.165, 1.54) is 0 Å². The van der Waals surface area contributed by atoms with Crippen molar-refractivity contribution in [2.24, 2.45) is 18.9 Å². The van der Waals surface area contributed by atoms with Crippen molar-refractivity contribution >= 4 is 29.0 Å². The number of aliphatic hydroxyl groups is 1. The van der Waals surface area contributed by atoms with Crippen LogP contribution in [0, 0.1) is 11.8 Å². The van der Waals surface area contributed by atoms with E-state index in [9.17, 15) is 14.7 Å². The Kier molecular flexibility index (Phi) is 9.45. The molecule has 0 bridgehead atoms. The molecule has 5 atom stereocenters. The van der Waals surface area contributed by atoms with E-state index in [2.05, 4.69) is 16.1 Å². The number of carbonyl (C=O) groups excluding carboxylic acids is 2. The first-order valence-corrected chi connectivity index (χ1v) is 13.9. The molecule has 4 rings (SSSR count). The van der Waals surface area contributed by atoms with Crippen LogP contribution in [-0.2, 0) is 21.3 Å². The van der Waals surface area contributed by atoms with Gasteiger partial charge in [-0.25, -0.2) is 4.79 Å². The molecule has 0 saturated carbocycles. The molecule has 1 aromatic carbocycles. The number of piperazine rings is 1. The van der Waals surface area contributed by atoms with Crippen LogP contribution in [-0.4, -0.2) is 88.3 Å². The van der Waals surface area contributed by atoms with E-state index in [4.69, 9.17) is 9.47 Å². The quantitative estimate of drug-likeness (QED) is 0.466. The third-order valence-electron chi connectivity index (χ3n) is 7.87. The molecule has 0 aliphatic carbocycles. The SMILES string of the molecule is C/C(=C\c1ccc2cnn(C)c2c1)[C@H]1OC(=O)C[C@H](O)CC[C@H](C)[C@H](OC(=O)N2CCN(C)CC2)/C=C/[C@@H]1C. The lowest BCUT2D eigenvalue weighted by molar-refractivity contribution is -0.151. The molecule has 39 heavy (non-hydrogen) atoms. The molecule has 9 heteroatoms. The number of aromatic nitrogens is 2. The third-order valence-corrected chi connectivity index (χ3v) is 7.87. The van der Waals surface area contributed by atoms with Crippen molar-refractivity contribution in [3.05, 3.63) is 47.7 Å². The van der Waals surface area contributed by atoms with Gasteiger partial charge < -0.3 is 24.4 Å². The predicted molar refractivity (Wildman–Crippen MR) is 151 cm³/mol. The largest absolute Gasteiger partial charge is 0.457 e. The predicted octanol–water partition coefficient (Wildman–Crippen LogP) is 4.01. The van der Waals surface area contributed by atoms with E-state index in [0.717, 1.165) is 35.1 Å². The van der Waals surface area contributed by atoms with E-state index in [-0.39, 0.29) is 24.3 Å². The number of esters is 1. The number of hydrogen-bond acceptors (Lipinski definition) is 7. The fourth-order valence-corrected chi connectivity index (χ4v) is 5.23. The van der Waals surface area contributed by atoms with Crippen molar-refractivity contribution in [3.8, 4) is 0 Å². The minimum atomic E-state index is -0.815. The lowest BCUT2D eigenvalue weighted by Gasteiger charge is -2.33. The lowest BCUT2D eigenvalue weighted by Crippen LogP contribution is -2.48. The number of rotatable bonds is 3. The second-order valence-corrected chi connectivity index (χ2v) is 11.2. The zero-order chi connectivity index (χ0) is 28.1. The third kappa shape index (κ3) is 7.48. The Labute approximate surface area is 231 Å². The highest BCUT2D eigenvalue weighted by atomic mass is 16.6. The highest BCUT2D eigenvalue weighted by molar-refractivity contribution is 5.81. The van der Waals surface area contributed by atoms with Gasteiger partial charge in [-0.1, -0.05) is 38.1 Å². The van der Waals surface area contributed by atoms with Crippen LogP contribution in [0.5, 0.6) is 0 Å². The first kappa shape index (κ1) is 28.8. The van der Waals surface area contributed by atoms with Gasteiger partial charge in [0.05, 0.1) is 24.2 Å². The highest BCUT2D eigenvalue weighted by Gasteiger charge is 2.29. The van der Waals surface area contributed by atoms with Crippen molar-refractivity contribution in [1.82, 2.24) is 19.6 Å². The first-order chi connectivity index (χ1) is 18.6. The smallest absolute Gasteiger partial charge is 0.410 e.